The van der Waals surface area contributed by atoms with Gasteiger partial charge in [0, 0.05) is 0 Å². The van der Waals surface area contributed by atoms with Gasteiger partial charge in [0.15, 0.2) is 0 Å². The third-order valence-corrected chi connectivity index (χ3v) is 4.52. The fraction of sp³-hybridized carbons (Fsp3) is 0.500. The molecule has 0 aliphatic carbocycles. The lowest BCUT2D eigenvalue weighted by molar-refractivity contribution is 0.625. The summed E-state index contributed by atoms with van der Waals surface area (Å²) in [6.07, 6.45) is 2.60. The highest BCUT2D eigenvalue weighted by Gasteiger charge is 1.98. The van der Waals surface area contributed by atoms with Crippen LogP contribution in [0, 0.1) is 5.92 Å². The summed E-state index contributed by atoms with van der Waals surface area (Å²) in [5.74, 6) is 0.853. The van der Waals surface area contributed by atoms with Gasteiger partial charge in [0.25, 0.3) is 0 Å². The lowest BCUT2D eigenvalue weighted by atomic mass is 10.1. The van der Waals surface area contributed by atoms with Crippen molar-refractivity contribution >= 4 is 14.3 Å². The Kier molecular flexibility index (Phi) is 5.55. The maximum atomic E-state index is 2.31. The van der Waals surface area contributed by atoms with Crippen LogP contribution in [0.25, 0.3) is 0 Å². The first-order valence-electron chi connectivity index (χ1n) is 5.98. The van der Waals surface area contributed by atoms with E-state index in [2.05, 4.69) is 51.1 Å². The van der Waals surface area contributed by atoms with E-state index in [0.29, 0.717) is 9.13 Å². The van der Waals surface area contributed by atoms with Gasteiger partial charge in [-0.1, -0.05) is 62.7 Å². The van der Waals surface area contributed by atoms with Crippen LogP contribution in [-0.2, 0) is 0 Å². The van der Waals surface area contributed by atoms with E-state index >= 15 is 0 Å². The van der Waals surface area contributed by atoms with Crippen LogP contribution >= 0.6 is 0 Å². The Morgan fingerprint density at radius 1 is 1.20 bits per heavy atom. The highest BCUT2D eigenvalue weighted by Crippen LogP contribution is 2.06. The molecule has 0 saturated carbocycles. The van der Waals surface area contributed by atoms with Crippen LogP contribution in [-0.4, -0.2) is 14.3 Å². The highest BCUT2D eigenvalue weighted by atomic mass is 28.2. The van der Waals surface area contributed by atoms with Gasteiger partial charge >= 0.3 is 0 Å². The van der Waals surface area contributed by atoms with Crippen LogP contribution in [0.1, 0.15) is 39.2 Å². The van der Waals surface area contributed by atoms with E-state index in [-0.39, 0.29) is 0 Å². The number of benzene rings is 1. The summed E-state index contributed by atoms with van der Waals surface area (Å²) in [5, 5.41) is 1.69. The minimum atomic E-state index is 0.506. The zero-order chi connectivity index (χ0) is 11.1. The van der Waals surface area contributed by atoms with E-state index in [1.807, 2.05) is 0 Å². The molecule has 0 aromatic heterocycles. The molecule has 15 heavy (non-hydrogen) atoms. The largest absolute Gasteiger partial charge is 0.0647 e. The lowest BCUT2D eigenvalue weighted by Crippen LogP contribution is -2.05. The summed E-state index contributed by atoms with van der Waals surface area (Å²) in [7, 11) is 0.506. The van der Waals surface area contributed by atoms with Crippen molar-refractivity contribution in [3.8, 4) is 0 Å². The molecule has 0 heterocycles. The van der Waals surface area contributed by atoms with Gasteiger partial charge in [-0.05, 0) is 33.1 Å². The third-order valence-electron chi connectivity index (χ3n) is 2.66. The van der Waals surface area contributed by atoms with Gasteiger partial charge in [0.05, 0.1) is 0 Å². The summed E-state index contributed by atoms with van der Waals surface area (Å²) in [6.45, 7) is 6.91. The standard InChI is InChI=1S/C14H22Si/c1-4-14(15-11-10-12(2)3)13-8-6-5-7-9-13/h5-9,12,15H,4,10-11H2,1-3H3. The van der Waals surface area contributed by atoms with Crippen molar-refractivity contribution in [1.82, 2.24) is 0 Å². The molecule has 1 heteroatoms. The Balaban J connectivity index is 2.63. The fourth-order valence-electron chi connectivity index (χ4n) is 1.71. The van der Waals surface area contributed by atoms with Gasteiger partial charge < -0.3 is 0 Å². The Labute approximate surface area is 96.2 Å². The summed E-state index contributed by atoms with van der Waals surface area (Å²) >= 11 is 0. The first-order valence-corrected chi connectivity index (χ1v) is 7.38. The molecule has 0 bridgehead atoms. The molecular formula is C14H22Si. The molecule has 0 spiro atoms. The van der Waals surface area contributed by atoms with E-state index in [9.17, 15) is 0 Å². The second kappa shape index (κ2) is 6.73. The molecule has 0 saturated heterocycles. The van der Waals surface area contributed by atoms with E-state index in [1.54, 1.807) is 5.17 Å². The minimum Gasteiger partial charge on any atom is -0.0647 e. The first-order chi connectivity index (χ1) is 7.24. The van der Waals surface area contributed by atoms with Gasteiger partial charge in [-0.15, -0.1) is 0 Å². The zero-order valence-electron chi connectivity index (χ0n) is 10.2. The van der Waals surface area contributed by atoms with Crippen molar-refractivity contribution in [2.24, 2.45) is 5.92 Å². The molecule has 0 amide bonds. The predicted molar refractivity (Wildman–Crippen MR) is 72.3 cm³/mol. The van der Waals surface area contributed by atoms with Crippen LogP contribution in [0.2, 0.25) is 6.04 Å². The van der Waals surface area contributed by atoms with Crippen molar-refractivity contribution in [1.29, 1.82) is 0 Å². The van der Waals surface area contributed by atoms with E-state index < -0.39 is 0 Å². The summed E-state index contributed by atoms with van der Waals surface area (Å²) in [4.78, 5) is 0. The second-order valence-electron chi connectivity index (χ2n) is 4.42. The van der Waals surface area contributed by atoms with Crippen molar-refractivity contribution in [3.63, 3.8) is 0 Å². The topological polar surface area (TPSA) is 0 Å². The Bertz CT molecular complexity index is 298. The fourth-order valence-corrected chi connectivity index (χ4v) is 3.61. The predicted octanol–water partition coefficient (Wildman–Crippen LogP) is 3.52. The van der Waals surface area contributed by atoms with Crippen LogP contribution < -0.4 is 0 Å². The van der Waals surface area contributed by atoms with Gasteiger partial charge in [-0.25, -0.2) is 0 Å². The molecule has 1 aromatic carbocycles. The maximum Gasteiger partial charge on any atom is -0.00178 e. The molecule has 0 aliphatic heterocycles. The number of hydrogen-bond donors (Lipinski definition) is 0. The average molecular weight is 218 g/mol. The monoisotopic (exact) mass is 218 g/mol. The van der Waals surface area contributed by atoms with Crippen molar-refractivity contribution in [2.45, 2.75) is 39.7 Å². The van der Waals surface area contributed by atoms with Crippen molar-refractivity contribution in [2.75, 3.05) is 0 Å². The first kappa shape index (κ1) is 12.4. The SMILES string of the molecule is CCC(=[SiH]CCC(C)C)c1ccccc1. The molecule has 1 aromatic rings. The quantitative estimate of drug-likeness (QED) is 0.663. The van der Waals surface area contributed by atoms with Gasteiger partial charge in [-0.2, -0.15) is 0 Å². The van der Waals surface area contributed by atoms with E-state index in [0.717, 1.165) is 5.92 Å². The van der Waals surface area contributed by atoms with Crippen LogP contribution in [0.4, 0.5) is 0 Å². The normalized spacial score (nSPS) is 12.1. The van der Waals surface area contributed by atoms with Crippen LogP contribution in [0.3, 0.4) is 0 Å². The number of rotatable bonds is 5. The molecule has 82 valence electrons. The molecule has 0 radical (unpaired) electrons. The highest BCUT2D eigenvalue weighted by molar-refractivity contribution is 6.57. The van der Waals surface area contributed by atoms with Gasteiger partial charge in [0.2, 0.25) is 0 Å². The molecule has 0 unspecified atom stereocenters. The zero-order valence-corrected chi connectivity index (χ0v) is 11.3. The average Bonchev–Trinajstić information content (AvgIpc) is 2.25. The summed E-state index contributed by atoms with van der Waals surface area (Å²) in [5.41, 5.74) is 1.47. The lowest BCUT2D eigenvalue weighted by Gasteiger charge is -2.06. The van der Waals surface area contributed by atoms with E-state index in [4.69, 9.17) is 0 Å². The van der Waals surface area contributed by atoms with Gasteiger partial charge in [0.1, 0.15) is 0 Å². The maximum absolute atomic E-state index is 2.31. The Hall–Kier alpha value is -0.693. The third kappa shape index (κ3) is 4.56. The van der Waals surface area contributed by atoms with Gasteiger partial charge in [-0.3, -0.25) is 0 Å². The Morgan fingerprint density at radius 2 is 1.87 bits per heavy atom. The molecule has 0 atom stereocenters. The smallest absolute Gasteiger partial charge is 0.00178 e. The molecule has 1 rings (SSSR count). The molecule has 0 N–H and O–H groups in total. The van der Waals surface area contributed by atoms with Crippen molar-refractivity contribution < 1.29 is 0 Å². The second-order valence-corrected chi connectivity index (χ2v) is 6.10. The molecule has 0 fully saturated rings. The minimum absolute atomic E-state index is 0.506. The van der Waals surface area contributed by atoms with Crippen LogP contribution in [0.15, 0.2) is 30.3 Å². The summed E-state index contributed by atoms with van der Waals surface area (Å²) < 4.78 is 0. The molecule has 0 nitrogen and oxygen atoms in total. The number of hydrogen-bond acceptors (Lipinski definition) is 0. The Morgan fingerprint density at radius 3 is 2.40 bits per heavy atom. The molecule has 0 aliphatic rings. The van der Waals surface area contributed by atoms with E-state index in [1.165, 1.54) is 24.4 Å². The van der Waals surface area contributed by atoms with Crippen LogP contribution in [0.5, 0.6) is 0 Å². The molecular weight excluding hydrogens is 196 g/mol. The summed E-state index contributed by atoms with van der Waals surface area (Å²) in [6, 6.07) is 12.3. The van der Waals surface area contributed by atoms with Crippen molar-refractivity contribution in [3.05, 3.63) is 35.9 Å².